The van der Waals surface area contributed by atoms with Crippen LogP contribution in [0.3, 0.4) is 0 Å². The average Bonchev–Trinajstić information content (AvgIpc) is 2.68. The van der Waals surface area contributed by atoms with Crippen molar-refractivity contribution in [2.75, 3.05) is 11.1 Å². The van der Waals surface area contributed by atoms with Crippen molar-refractivity contribution in [2.24, 2.45) is 5.92 Å². The summed E-state index contributed by atoms with van der Waals surface area (Å²) in [4.78, 5) is 29.7. The van der Waals surface area contributed by atoms with Crippen LogP contribution in [0.2, 0.25) is 0 Å². The van der Waals surface area contributed by atoms with E-state index >= 15 is 0 Å². The number of nitrogens with zero attached hydrogens (tertiary/aromatic N) is 2. The number of amides is 1. The number of hydrogen-bond donors (Lipinski definition) is 1. The van der Waals surface area contributed by atoms with E-state index in [4.69, 9.17) is 0 Å². The normalized spacial score (nSPS) is 11.8. The number of carbonyl (C=O) groups excluding carboxylic acids is 1. The first-order chi connectivity index (χ1) is 14.1. The maximum Gasteiger partial charge on any atom is 0.416 e. The molecule has 0 saturated carbocycles. The summed E-state index contributed by atoms with van der Waals surface area (Å²) in [6.45, 7) is 4.42. The van der Waals surface area contributed by atoms with Crippen LogP contribution >= 0.6 is 11.8 Å². The molecule has 0 aliphatic heterocycles. The van der Waals surface area contributed by atoms with Crippen LogP contribution in [0, 0.1) is 5.92 Å². The SMILES string of the molecule is CC(C)Cn1c(SCC(=O)Nc2ccc(C(F)(F)F)cc2)nc2ccccc2c1=O. The minimum atomic E-state index is -4.43. The fourth-order valence-corrected chi connectivity index (χ4v) is 3.66. The number of alkyl halides is 3. The van der Waals surface area contributed by atoms with Crippen molar-refractivity contribution in [3.8, 4) is 0 Å². The molecule has 0 radical (unpaired) electrons. The van der Waals surface area contributed by atoms with Crippen molar-refractivity contribution >= 4 is 34.3 Å². The van der Waals surface area contributed by atoms with E-state index in [9.17, 15) is 22.8 Å². The monoisotopic (exact) mass is 435 g/mol. The molecule has 1 heterocycles. The number of rotatable bonds is 6. The number of benzene rings is 2. The van der Waals surface area contributed by atoms with E-state index in [0.717, 1.165) is 23.9 Å². The van der Waals surface area contributed by atoms with Gasteiger partial charge < -0.3 is 5.32 Å². The van der Waals surface area contributed by atoms with Crippen LogP contribution in [0.4, 0.5) is 18.9 Å². The van der Waals surface area contributed by atoms with Gasteiger partial charge in [-0.2, -0.15) is 13.2 Å². The van der Waals surface area contributed by atoms with Gasteiger partial charge in [-0.15, -0.1) is 0 Å². The molecule has 1 N–H and O–H groups in total. The number of anilines is 1. The largest absolute Gasteiger partial charge is 0.416 e. The van der Waals surface area contributed by atoms with E-state index in [1.807, 2.05) is 13.8 Å². The second kappa shape index (κ2) is 8.91. The van der Waals surface area contributed by atoms with Crippen molar-refractivity contribution in [2.45, 2.75) is 31.7 Å². The third-order valence-electron chi connectivity index (χ3n) is 4.20. The van der Waals surface area contributed by atoms with Gasteiger partial charge >= 0.3 is 6.18 Å². The summed E-state index contributed by atoms with van der Waals surface area (Å²) in [5.74, 6) is -0.242. The molecule has 3 rings (SSSR count). The third-order valence-corrected chi connectivity index (χ3v) is 5.18. The summed E-state index contributed by atoms with van der Waals surface area (Å²) in [7, 11) is 0. The quantitative estimate of drug-likeness (QED) is 0.446. The van der Waals surface area contributed by atoms with Crippen molar-refractivity contribution < 1.29 is 18.0 Å². The van der Waals surface area contributed by atoms with E-state index in [0.29, 0.717) is 22.6 Å². The van der Waals surface area contributed by atoms with Gasteiger partial charge in [-0.3, -0.25) is 14.2 Å². The van der Waals surface area contributed by atoms with Gasteiger partial charge in [0, 0.05) is 12.2 Å². The number of nitrogens with one attached hydrogen (secondary N) is 1. The molecule has 1 aromatic heterocycles. The number of carbonyl (C=O) groups is 1. The van der Waals surface area contributed by atoms with E-state index in [-0.39, 0.29) is 22.9 Å². The lowest BCUT2D eigenvalue weighted by atomic mass is 10.2. The van der Waals surface area contributed by atoms with Gasteiger partial charge in [-0.25, -0.2) is 4.98 Å². The number of hydrogen-bond acceptors (Lipinski definition) is 4. The van der Waals surface area contributed by atoms with Crippen LogP contribution in [0.15, 0.2) is 58.5 Å². The molecule has 0 aliphatic rings. The van der Waals surface area contributed by atoms with Crippen LogP contribution in [-0.4, -0.2) is 21.2 Å². The summed E-state index contributed by atoms with van der Waals surface area (Å²) < 4.78 is 39.5. The van der Waals surface area contributed by atoms with Gasteiger partial charge in [0.2, 0.25) is 5.91 Å². The van der Waals surface area contributed by atoms with Gasteiger partial charge in [-0.1, -0.05) is 37.7 Å². The lowest BCUT2D eigenvalue weighted by Gasteiger charge is -2.15. The maximum atomic E-state index is 12.9. The summed E-state index contributed by atoms with van der Waals surface area (Å²) in [5, 5.41) is 3.50. The first-order valence-electron chi connectivity index (χ1n) is 9.24. The molecule has 0 aliphatic carbocycles. The zero-order valence-corrected chi connectivity index (χ0v) is 17.2. The standard InChI is InChI=1S/C21H20F3N3O2S/c1-13(2)11-27-19(29)16-5-3-4-6-17(16)26-20(27)30-12-18(28)25-15-9-7-14(8-10-15)21(22,23)24/h3-10,13H,11-12H2,1-2H3,(H,25,28). The highest BCUT2D eigenvalue weighted by atomic mass is 32.2. The Balaban J connectivity index is 1.76. The number of thioether (sulfide) groups is 1. The van der Waals surface area contributed by atoms with Crippen molar-refractivity contribution in [3.63, 3.8) is 0 Å². The lowest BCUT2D eigenvalue weighted by Crippen LogP contribution is -2.26. The summed E-state index contributed by atoms with van der Waals surface area (Å²) in [6, 6.07) is 11.2. The molecule has 158 valence electrons. The number of para-hydroxylation sites is 1. The zero-order chi connectivity index (χ0) is 21.9. The predicted octanol–water partition coefficient (Wildman–Crippen LogP) is 4.80. The summed E-state index contributed by atoms with van der Waals surface area (Å²) in [6.07, 6.45) is -4.43. The Labute approximate surface area is 175 Å². The highest BCUT2D eigenvalue weighted by molar-refractivity contribution is 7.99. The lowest BCUT2D eigenvalue weighted by molar-refractivity contribution is -0.137. The van der Waals surface area contributed by atoms with E-state index in [2.05, 4.69) is 10.3 Å². The molecule has 9 heteroatoms. The zero-order valence-electron chi connectivity index (χ0n) is 16.4. The third kappa shape index (κ3) is 5.21. The predicted molar refractivity (Wildman–Crippen MR) is 112 cm³/mol. The fourth-order valence-electron chi connectivity index (χ4n) is 2.85. The summed E-state index contributed by atoms with van der Waals surface area (Å²) in [5.41, 5.74) is -0.138. The van der Waals surface area contributed by atoms with E-state index in [1.165, 1.54) is 12.1 Å². The van der Waals surface area contributed by atoms with Gasteiger partial charge in [0.15, 0.2) is 5.16 Å². The Morgan fingerprint density at radius 3 is 2.43 bits per heavy atom. The minimum absolute atomic E-state index is 0.0378. The highest BCUT2D eigenvalue weighted by Crippen LogP contribution is 2.30. The van der Waals surface area contributed by atoms with Crippen molar-refractivity contribution in [1.82, 2.24) is 9.55 Å². The molecular weight excluding hydrogens is 415 g/mol. The van der Waals surface area contributed by atoms with Crippen LogP contribution in [0.1, 0.15) is 19.4 Å². The molecule has 5 nitrogen and oxygen atoms in total. The average molecular weight is 435 g/mol. The Morgan fingerprint density at radius 1 is 1.13 bits per heavy atom. The van der Waals surface area contributed by atoms with Gasteiger partial charge in [0.25, 0.3) is 5.56 Å². The van der Waals surface area contributed by atoms with Gasteiger partial charge in [-0.05, 0) is 42.3 Å². The highest BCUT2D eigenvalue weighted by Gasteiger charge is 2.30. The van der Waals surface area contributed by atoms with E-state index < -0.39 is 17.6 Å². The molecule has 2 aromatic carbocycles. The van der Waals surface area contributed by atoms with E-state index in [1.54, 1.807) is 28.8 Å². The van der Waals surface area contributed by atoms with Crippen molar-refractivity contribution in [1.29, 1.82) is 0 Å². The smallest absolute Gasteiger partial charge is 0.325 e. The molecule has 1 amide bonds. The number of halogens is 3. The Bertz CT molecular complexity index is 1110. The van der Waals surface area contributed by atoms with Crippen molar-refractivity contribution in [3.05, 3.63) is 64.4 Å². The van der Waals surface area contributed by atoms with Gasteiger partial charge in [0.1, 0.15) is 0 Å². The Kier molecular flexibility index (Phi) is 6.50. The molecule has 30 heavy (non-hydrogen) atoms. The second-order valence-electron chi connectivity index (χ2n) is 7.13. The first-order valence-corrected chi connectivity index (χ1v) is 10.2. The second-order valence-corrected chi connectivity index (χ2v) is 8.08. The molecule has 0 fully saturated rings. The number of fused-ring (bicyclic) bond motifs is 1. The molecule has 3 aromatic rings. The van der Waals surface area contributed by atoms with Gasteiger partial charge in [0.05, 0.1) is 22.2 Å². The molecule has 0 bridgehead atoms. The topological polar surface area (TPSA) is 64.0 Å². The fraction of sp³-hybridized carbons (Fsp3) is 0.286. The first kappa shape index (κ1) is 21.9. The molecule has 0 unspecified atom stereocenters. The summed E-state index contributed by atoms with van der Waals surface area (Å²) >= 11 is 1.11. The van der Waals surface area contributed by atoms with Crippen LogP contribution in [-0.2, 0) is 17.5 Å². The molecule has 0 atom stereocenters. The Morgan fingerprint density at radius 2 is 1.80 bits per heavy atom. The van der Waals surface area contributed by atoms with Crippen LogP contribution in [0.5, 0.6) is 0 Å². The molecule has 0 spiro atoms. The number of aromatic nitrogens is 2. The van der Waals surface area contributed by atoms with Crippen LogP contribution in [0.25, 0.3) is 10.9 Å². The molecule has 0 saturated heterocycles. The Hall–Kier alpha value is -2.81. The van der Waals surface area contributed by atoms with Crippen LogP contribution < -0.4 is 10.9 Å². The maximum absolute atomic E-state index is 12.9. The molecular formula is C21H20F3N3O2S. The minimum Gasteiger partial charge on any atom is -0.325 e.